The molecule has 1 aliphatic rings. The second-order valence-corrected chi connectivity index (χ2v) is 9.23. The zero-order valence-corrected chi connectivity index (χ0v) is 21.0. The quantitative estimate of drug-likeness (QED) is 0.241. The fourth-order valence-electron chi connectivity index (χ4n) is 3.93. The molecule has 6 nitrogen and oxygen atoms in total. The van der Waals surface area contributed by atoms with E-state index in [1.165, 1.54) is 11.4 Å². The van der Waals surface area contributed by atoms with Crippen LogP contribution in [-0.4, -0.2) is 26.2 Å². The summed E-state index contributed by atoms with van der Waals surface area (Å²) in [5, 5.41) is 18.6. The third-order valence-corrected chi connectivity index (χ3v) is 6.43. The minimum Gasteiger partial charge on any atom is -0.368 e. The molecule has 1 fully saturated rings. The van der Waals surface area contributed by atoms with Crippen molar-refractivity contribution in [2.75, 3.05) is 36.0 Å². The van der Waals surface area contributed by atoms with E-state index in [9.17, 15) is 0 Å². The number of hydrogen-bond donors (Lipinski definition) is 0. The Morgan fingerprint density at radius 1 is 0.389 bits per heavy atom. The summed E-state index contributed by atoms with van der Waals surface area (Å²) in [6.07, 6.45) is 0. The van der Waals surface area contributed by atoms with Gasteiger partial charge in [0.2, 0.25) is 0 Å². The van der Waals surface area contributed by atoms with Gasteiger partial charge in [0.1, 0.15) is 0 Å². The number of rotatable bonds is 6. The molecule has 4 aromatic rings. The summed E-state index contributed by atoms with van der Waals surface area (Å²) in [6, 6.07) is 31.0. The van der Waals surface area contributed by atoms with E-state index in [0.29, 0.717) is 10.0 Å². The third kappa shape index (κ3) is 6.27. The molecule has 0 aromatic heterocycles. The SMILES string of the molecule is Clc1ccc(/N=N/c2ccc(N3CCN(c4ccc(/N=N/c5ccc(Cl)cc5)cc4)CC3)cc2)cc1. The number of nitrogens with zero attached hydrogens (tertiary/aromatic N) is 6. The first kappa shape index (κ1) is 24.0. The Morgan fingerprint density at radius 3 is 0.917 bits per heavy atom. The number of azo groups is 2. The maximum atomic E-state index is 5.91. The van der Waals surface area contributed by atoms with Crippen LogP contribution in [0.5, 0.6) is 0 Å². The molecule has 0 radical (unpaired) electrons. The number of piperazine rings is 1. The van der Waals surface area contributed by atoms with Gasteiger partial charge < -0.3 is 9.80 Å². The smallest absolute Gasteiger partial charge is 0.0858 e. The predicted octanol–water partition coefficient (Wildman–Crippen LogP) is 9.15. The highest BCUT2D eigenvalue weighted by Gasteiger charge is 2.17. The molecule has 1 heterocycles. The normalized spacial score (nSPS) is 14.2. The Balaban J connectivity index is 1.14. The van der Waals surface area contributed by atoms with Crippen LogP contribution in [0.25, 0.3) is 0 Å². The van der Waals surface area contributed by atoms with E-state index in [0.717, 1.165) is 48.9 Å². The molecule has 0 amide bonds. The van der Waals surface area contributed by atoms with Crippen LogP contribution in [0.2, 0.25) is 10.0 Å². The molecule has 8 heteroatoms. The van der Waals surface area contributed by atoms with Gasteiger partial charge in [-0.25, -0.2) is 0 Å². The molecule has 0 spiro atoms. The van der Waals surface area contributed by atoms with Gasteiger partial charge >= 0.3 is 0 Å². The van der Waals surface area contributed by atoms with Gasteiger partial charge in [-0.1, -0.05) is 23.2 Å². The van der Waals surface area contributed by atoms with Gasteiger partial charge in [-0.2, -0.15) is 20.5 Å². The maximum absolute atomic E-state index is 5.91. The van der Waals surface area contributed by atoms with Crippen molar-refractivity contribution in [3.05, 3.63) is 107 Å². The van der Waals surface area contributed by atoms with Crippen molar-refractivity contribution >= 4 is 57.3 Å². The van der Waals surface area contributed by atoms with Gasteiger partial charge in [-0.3, -0.25) is 0 Å². The average Bonchev–Trinajstić information content (AvgIpc) is 2.93. The van der Waals surface area contributed by atoms with Crippen molar-refractivity contribution in [2.24, 2.45) is 20.5 Å². The maximum Gasteiger partial charge on any atom is 0.0858 e. The Morgan fingerprint density at radius 2 is 0.639 bits per heavy atom. The van der Waals surface area contributed by atoms with Crippen molar-refractivity contribution in [2.45, 2.75) is 0 Å². The Labute approximate surface area is 220 Å². The van der Waals surface area contributed by atoms with Crippen LogP contribution in [0, 0.1) is 0 Å². The van der Waals surface area contributed by atoms with Gasteiger partial charge in [-0.15, -0.1) is 0 Å². The molecule has 0 bridgehead atoms. The number of anilines is 2. The lowest BCUT2D eigenvalue weighted by Gasteiger charge is -2.37. The molecule has 4 aromatic carbocycles. The lowest BCUT2D eigenvalue weighted by molar-refractivity contribution is 0.653. The highest BCUT2D eigenvalue weighted by molar-refractivity contribution is 6.30. The van der Waals surface area contributed by atoms with E-state index in [4.69, 9.17) is 23.2 Å². The Kier molecular flexibility index (Phi) is 7.55. The van der Waals surface area contributed by atoms with Gasteiger partial charge in [0.25, 0.3) is 0 Å². The first-order valence-electron chi connectivity index (χ1n) is 11.7. The van der Waals surface area contributed by atoms with Crippen molar-refractivity contribution in [3.8, 4) is 0 Å². The molecule has 5 rings (SSSR count). The summed E-state index contributed by atoms with van der Waals surface area (Å²) in [6.45, 7) is 3.79. The zero-order valence-electron chi connectivity index (χ0n) is 19.5. The largest absolute Gasteiger partial charge is 0.368 e. The molecule has 1 aliphatic heterocycles. The molecule has 0 saturated carbocycles. The standard InChI is InChI=1S/C28H24Cl2N6/c29-21-1-5-23(6-2-21)31-33-25-9-13-27(14-10-25)35-17-19-36(20-18-35)28-15-11-26(12-16-28)34-32-24-7-3-22(30)4-8-24/h1-16H,17-20H2/b33-31+,34-32+. The topological polar surface area (TPSA) is 55.9 Å². The van der Waals surface area contributed by atoms with Gasteiger partial charge in [0.15, 0.2) is 0 Å². The summed E-state index contributed by atoms with van der Waals surface area (Å²) < 4.78 is 0. The lowest BCUT2D eigenvalue weighted by Crippen LogP contribution is -2.46. The monoisotopic (exact) mass is 514 g/mol. The fourth-order valence-corrected chi connectivity index (χ4v) is 4.18. The Bertz CT molecular complexity index is 1220. The van der Waals surface area contributed by atoms with Crippen LogP contribution in [0.4, 0.5) is 34.1 Å². The average molecular weight is 515 g/mol. The molecule has 36 heavy (non-hydrogen) atoms. The second kappa shape index (κ2) is 11.3. The van der Waals surface area contributed by atoms with Gasteiger partial charge in [-0.05, 0) is 97.1 Å². The molecule has 0 unspecified atom stereocenters. The third-order valence-electron chi connectivity index (χ3n) is 5.92. The highest BCUT2D eigenvalue weighted by atomic mass is 35.5. The van der Waals surface area contributed by atoms with E-state index in [2.05, 4.69) is 54.5 Å². The molecule has 180 valence electrons. The van der Waals surface area contributed by atoms with E-state index in [1.54, 1.807) is 24.3 Å². The first-order valence-corrected chi connectivity index (χ1v) is 12.4. The van der Waals surface area contributed by atoms with E-state index >= 15 is 0 Å². The predicted molar refractivity (Wildman–Crippen MR) is 149 cm³/mol. The van der Waals surface area contributed by atoms with E-state index < -0.39 is 0 Å². The molecule has 0 N–H and O–H groups in total. The van der Waals surface area contributed by atoms with Crippen LogP contribution in [0.3, 0.4) is 0 Å². The summed E-state index contributed by atoms with van der Waals surface area (Å²) in [5.41, 5.74) is 5.58. The van der Waals surface area contributed by atoms with E-state index in [-0.39, 0.29) is 0 Å². The number of halogens is 2. The minimum absolute atomic E-state index is 0.687. The second-order valence-electron chi connectivity index (χ2n) is 8.36. The number of hydrogen-bond acceptors (Lipinski definition) is 6. The zero-order chi connectivity index (χ0) is 24.7. The molecular formula is C28H24Cl2N6. The van der Waals surface area contributed by atoms with E-state index in [1.807, 2.05) is 48.5 Å². The van der Waals surface area contributed by atoms with Crippen molar-refractivity contribution < 1.29 is 0 Å². The summed E-state index contributed by atoms with van der Waals surface area (Å²) in [4.78, 5) is 4.79. The van der Waals surface area contributed by atoms with Crippen LogP contribution in [0.15, 0.2) is 118 Å². The number of benzene rings is 4. The van der Waals surface area contributed by atoms with Crippen molar-refractivity contribution in [1.29, 1.82) is 0 Å². The van der Waals surface area contributed by atoms with Gasteiger partial charge in [0, 0.05) is 47.6 Å². The molecular weight excluding hydrogens is 491 g/mol. The van der Waals surface area contributed by atoms with Crippen LogP contribution in [0.1, 0.15) is 0 Å². The Hall–Kier alpha value is -3.74. The summed E-state index contributed by atoms with van der Waals surface area (Å²) in [5.74, 6) is 0. The fraction of sp³-hybridized carbons (Fsp3) is 0.143. The van der Waals surface area contributed by atoms with Crippen molar-refractivity contribution in [1.82, 2.24) is 0 Å². The summed E-state index contributed by atoms with van der Waals surface area (Å²) >= 11 is 11.8. The van der Waals surface area contributed by atoms with Crippen molar-refractivity contribution in [3.63, 3.8) is 0 Å². The molecule has 1 saturated heterocycles. The minimum atomic E-state index is 0.687. The van der Waals surface area contributed by atoms with Crippen LogP contribution < -0.4 is 9.80 Å². The molecule has 0 aliphatic carbocycles. The van der Waals surface area contributed by atoms with Gasteiger partial charge in [0.05, 0.1) is 22.7 Å². The van der Waals surface area contributed by atoms with Crippen LogP contribution >= 0.6 is 23.2 Å². The highest BCUT2D eigenvalue weighted by Crippen LogP contribution is 2.27. The van der Waals surface area contributed by atoms with Crippen LogP contribution in [-0.2, 0) is 0 Å². The lowest BCUT2D eigenvalue weighted by atomic mass is 10.2. The first-order chi connectivity index (χ1) is 17.6. The summed E-state index contributed by atoms with van der Waals surface area (Å²) in [7, 11) is 0. The molecule has 0 atom stereocenters.